The van der Waals surface area contributed by atoms with Gasteiger partial charge in [-0.1, -0.05) is 36.4 Å². The number of ketones is 2. The average Bonchev–Trinajstić information content (AvgIpc) is 3.24. The van der Waals surface area contributed by atoms with Gasteiger partial charge in [-0.25, -0.2) is 14.5 Å². The quantitative estimate of drug-likeness (QED) is 0.369. The molecular formula is C28H22N4O5. The molecule has 9 heteroatoms. The molecule has 0 saturated heterocycles. The number of rotatable bonds is 5. The van der Waals surface area contributed by atoms with E-state index in [1.807, 2.05) is 19.9 Å². The van der Waals surface area contributed by atoms with Crippen molar-refractivity contribution in [3.8, 4) is 5.82 Å². The maximum absolute atomic E-state index is 13.1. The Morgan fingerprint density at radius 2 is 1.62 bits per heavy atom. The summed E-state index contributed by atoms with van der Waals surface area (Å²) in [6, 6.07) is 16.3. The van der Waals surface area contributed by atoms with Crippen molar-refractivity contribution >= 4 is 29.1 Å². The van der Waals surface area contributed by atoms with Crippen molar-refractivity contribution in [3.05, 3.63) is 106 Å². The summed E-state index contributed by atoms with van der Waals surface area (Å²) in [5, 5.41) is 6.99. The molecule has 1 atom stereocenters. The average molecular weight is 495 g/mol. The Labute approximate surface area is 212 Å². The van der Waals surface area contributed by atoms with Crippen molar-refractivity contribution in [2.75, 3.05) is 5.32 Å². The SMILES string of the molecule is Cc1cc(C)n(-c2ccc(C(=O)OC(C)C(=O)Nc3cccc4c3C(=O)c3ccccc3C4=O)cn2)n1. The van der Waals surface area contributed by atoms with Gasteiger partial charge in [-0.15, -0.1) is 0 Å². The van der Waals surface area contributed by atoms with E-state index < -0.39 is 18.0 Å². The number of hydrogen-bond donors (Lipinski definition) is 1. The van der Waals surface area contributed by atoms with E-state index in [0.717, 1.165) is 11.4 Å². The van der Waals surface area contributed by atoms with Gasteiger partial charge in [0.05, 0.1) is 22.5 Å². The van der Waals surface area contributed by atoms with Crippen LogP contribution in [0.1, 0.15) is 60.5 Å². The minimum atomic E-state index is -1.18. The van der Waals surface area contributed by atoms with Crippen molar-refractivity contribution in [1.82, 2.24) is 14.8 Å². The number of aryl methyl sites for hydroxylation is 2. The number of aromatic nitrogens is 3. The van der Waals surface area contributed by atoms with Gasteiger partial charge in [0.25, 0.3) is 5.91 Å². The second kappa shape index (κ2) is 9.27. The first-order valence-corrected chi connectivity index (χ1v) is 11.6. The van der Waals surface area contributed by atoms with Crippen LogP contribution in [0.4, 0.5) is 5.69 Å². The molecule has 0 bridgehead atoms. The van der Waals surface area contributed by atoms with Crippen molar-refractivity contribution in [2.24, 2.45) is 0 Å². The normalized spacial score (nSPS) is 12.9. The minimum absolute atomic E-state index is 0.113. The molecule has 2 aromatic carbocycles. The third-order valence-electron chi connectivity index (χ3n) is 6.07. The summed E-state index contributed by atoms with van der Waals surface area (Å²) in [6.07, 6.45) is 0.175. The zero-order chi connectivity index (χ0) is 26.3. The lowest BCUT2D eigenvalue weighted by atomic mass is 9.83. The van der Waals surface area contributed by atoms with E-state index in [2.05, 4.69) is 15.4 Å². The van der Waals surface area contributed by atoms with Gasteiger partial charge in [0, 0.05) is 28.6 Å². The summed E-state index contributed by atoms with van der Waals surface area (Å²) in [7, 11) is 0. The molecule has 0 spiro atoms. The number of esters is 1. The second-order valence-electron chi connectivity index (χ2n) is 8.71. The molecule has 184 valence electrons. The first-order chi connectivity index (χ1) is 17.7. The van der Waals surface area contributed by atoms with Gasteiger partial charge >= 0.3 is 5.97 Å². The standard InChI is InChI=1S/C28H22N4O5/c1-15-13-16(2)32(31-15)23-12-11-18(14-29-23)28(36)37-17(3)27(35)30-22-10-6-9-21-24(22)26(34)20-8-5-4-7-19(20)25(21)33/h4-14,17H,1-3H3,(H,30,35). The van der Waals surface area contributed by atoms with Gasteiger partial charge in [-0.05, 0) is 45.0 Å². The Morgan fingerprint density at radius 1 is 0.919 bits per heavy atom. The highest BCUT2D eigenvalue weighted by Gasteiger charge is 2.32. The number of fused-ring (bicyclic) bond motifs is 2. The lowest BCUT2D eigenvalue weighted by Gasteiger charge is -2.21. The van der Waals surface area contributed by atoms with Crippen molar-refractivity contribution in [3.63, 3.8) is 0 Å². The molecule has 1 aliphatic rings. The van der Waals surface area contributed by atoms with Crippen LogP contribution in [-0.2, 0) is 9.53 Å². The molecule has 0 fully saturated rings. The van der Waals surface area contributed by atoms with Crippen molar-refractivity contribution < 1.29 is 23.9 Å². The van der Waals surface area contributed by atoms with E-state index in [1.165, 1.54) is 19.2 Å². The highest BCUT2D eigenvalue weighted by molar-refractivity contribution is 6.30. The molecule has 5 rings (SSSR count). The molecule has 1 N–H and O–H groups in total. The minimum Gasteiger partial charge on any atom is -0.449 e. The lowest BCUT2D eigenvalue weighted by molar-refractivity contribution is -0.123. The van der Waals surface area contributed by atoms with Crippen LogP contribution in [0.25, 0.3) is 5.82 Å². The maximum Gasteiger partial charge on any atom is 0.340 e. The van der Waals surface area contributed by atoms with E-state index in [9.17, 15) is 19.2 Å². The Morgan fingerprint density at radius 3 is 2.27 bits per heavy atom. The van der Waals surface area contributed by atoms with E-state index in [-0.39, 0.29) is 39.5 Å². The first kappa shape index (κ1) is 23.8. The van der Waals surface area contributed by atoms with Gasteiger partial charge in [0.2, 0.25) is 0 Å². The summed E-state index contributed by atoms with van der Waals surface area (Å²) >= 11 is 0. The number of nitrogens with zero attached hydrogens (tertiary/aromatic N) is 3. The molecule has 37 heavy (non-hydrogen) atoms. The number of pyridine rings is 1. The van der Waals surface area contributed by atoms with Crippen LogP contribution in [0, 0.1) is 13.8 Å². The Balaban J connectivity index is 1.30. The summed E-state index contributed by atoms with van der Waals surface area (Å²) in [4.78, 5) is 55.8. The number of amides is 1. The topological polar surface area (TPSA) is 120 Å². The molecule has 1 aliphatic carbocycles. The fourth-order valence-electron chi connectivity index (χ4n) is 4.26. The van der Waals surface area contributed by atoms with E-state index in [0.29, 0.717) is 11.4 Å². The van der Waals surface area contributed by atoms with Gasteiger partial charge < -0.3 is 10.1 Å². The predicted octanol–water partition coefficient (Wildman–Crippen LogP) is 3.84. The molecule has 4 aromatic rings. The third kappa shape index (κ3) is 4.31. The van der Waals surface area contributed by atoms with Gasteiger partial charge in [0.1, 0.15) is 0 Å². The lowest BCUT2D eigenvalue weighted by Crippen LogP contribution is -2.31. The summed E-state index contributed by atoms with van der Waals surface area (Å²) in [5.41, 5.74) is 3.01. The van der Waals surface area contributed by atoms with E-state index in [1.54, 1.807) is 53.2 Å². The molecule has 1 unspecified atom stereocenters. The highest BCUT2D eigenvalue weighted by atomic mass is 16.5. The number of hydrogen-bond acceptors (Lipinski definition) is 7. The van der Waals surface area contributed by atoms with E-state index >= 15 is 0 Å². The number of carbonyl (C=O) groups excluding carboxylic acids is 4. The number of nitrogens with one attached hydrogen (secondary N) is 1. The molecule has 2 aromatic heterocycles. The summed E-state index contributed by atoms with van der Waals surface area (Å²) in [5.74, 6) is -1.49. The monoisotopic (exact) mass is 494 g/mol. The molecule has 0 radical (unpaired) electrons. The zero-order valence-corrected chi connectivity index (χ0v) is 20.3. The van der Waals surface area contributed by atoms with Crippen LogP contribution in [0.5, 0.6) is 0 Å². The Kier molecular flexibility index (Phi) is 5.96. The molecule has 0 saturated carbocycles. The van der Waals surface area contributed by atoms with Gasteiger partial charge in [-0.3, -0.25) is 14.4 Å². The summed E-state index contributed by atoms with van der Waals surface area (Å²) < 4.78 is 6.99. The van der Waals surface area contributed by atoms with Crippen LogP contribution in [-0.4, -0.2) is 44.3 Å². The molecule has 9 nitrogen and oxygen atoms in total. The van der Waals surface area contributed by atoms with Crippen LogP contribution >= 0.6 is 0 Å². The second-order valence-corrected chi connectivity index (χ2v) is 8.71. The molecule has 1 amide bonds. The smallest absolute Gasteiger partial charge is 0.340 e. The van der Waals surface area contributed by atoms with Gasteiger partial charge in [0.15, 0.2) is 23.5 Å². The van der Waals surface area contributed by atoms with Crippen LogP contribution in [0.15, 0.2) is 66.9 Å². The van der Waals surface area contributed by atoms with E-state index in [4.69, 9.17) is 4.74 Å². The van der Waals surface area contributed by atoms with Crippen LogP contribution in [0.3, 0.4) is 0 Å². The zero-order valence-electron chi connectivity index (χ0n) is 20.3. The highest BCUT2D eigenvalue weighted by Crippen LogP contribution is 2.32. The number of benzene rings is 2. The molecule has 0 aliphatic heterocycles. The predicted molar refractivity (Wildman–Crippen MR) is 134 cm³/mol. The summed E-state index contributed by atoms with van der Waals surface area (Å²) in [6.45, 7) is 5.19. The van der Waals surface area contributed by atoms with Crippen molar-refractivity contribution in [1.29, 1.82) is 0 Å². The molecular weight excluding hydrogens is 472 g/mol. The van der Waals surface area contributed by atoms with Gasteiger partial charge in [-0.2, -0.15) is 5.10 Å². The number of carbonyl (C=O) groups is 4. The van der Waals surface area contributed by atoms with Crippen LogP contribution < -0.4 is 5.32 Å². The number of anilines is 1. The Hall–Kier alpha value is -4.92. The first-order valence-electron chi connectivity index (χ1n) is 11.6. The Bertz CT molecular complexity index is 1590. The van der Waals surface area contributed by atoms with Crippen molar-refractivity contribution in [2.45, 2.75) is 26.9 Å². The maximum atomic E-state index is 13.1. The molecule has 2 heterocycles. The fourth-order valence-corrected chi connectivity index (χ4v) is 4.26. The van der Waals surface area contributed by atoms with Crippen LogP contribution in [0.2, 0.25) is 0 Å². The third-order valence-corrected chi connectivity index (χ3v) is 6.07. The fraction of sp³-hybridized carbons (Fsp3) is 0.143. The largest absolute Gasteiger partial charge is 0.449 e. The number of ether oxygens (including phenoxy) is 1.